The third kappa shape index (κ3) is 3.11. The summed E-state index contributed by atoms with van der Waals surface area (Å²) in [6.07, 6.45) is 2.12. The van der Waals surface area contributed by atoms with E-state index in [0.717, 1.165) is 11.3 Å². The molecule has 1 aromatic rings. The van der Waals surface area contributed by atoms with Gasteiger partial charge in [-0.15, -0.1) is 0 Å². The summed E-state index contributed by atoms with van der Waals surface area (Å²) in [5, 5.41) is 0. The minimum Gasteiger partial charge on any atom is -0.496 e. The largest absolute Gasteiger partial charge is 0.496 e. The standard InChI is InChI=1S/C14H21NO/c1-14(2,3)12(10-15)9-11-7-5-6-8-13(11)16-4/h5-9H,10,15H2,1-4H3/b12-9+. The number of para-hydroxylation sites is 1. The van der Waals surface area contributed by atoms with Crippen LogP contribution in [0.5, 0.6) is 5.75 Å². The molecule has 0 radical (unpaired) electrons. The smallest absolute Gasteiger partial charge is 0.126 e. The molecule has 2 nitrogen and oxygen atoms in total. The SMILES string of the molecule is COc1ccccc1/C=C(\CN)C(C)(C)C. The topological polar surface area (TPSA) is 35.2 Å². The first-order valence-corrected chi connectivity index (χ1v) is 5.53. The van der Waals surface area contributed by atoms with E-state index in [9.17, 15) is 0 Å². The van der Waals surface area contributed by atoms with Crippen LogP contribution in [0.4, 0.5) is 0 Å². The van der Waals surface area contributed by atoms with E-state index in [2.05, 4.69) is 26.8 Å². The van der Waals surface area contributed by atoms with Gasteiger partial charge in [0.05, 0.1) is 7.11 Å². The summed E-state index contributed by atoms with van der Waals surface area (Å²) in [4.78, 5) is 0. The number of hydrogen-bond donors (Lipinski definition) is 1. The van der Waals surface area contributed by atoms with Crippen LogP contribution >= 0.6 is 0 Å². The van der Waals surface area contributed by atoms with E-state index in [4.69, 9.17) is 10.5 Å². The summed E-state index contributed by atoms with van der Waals surface area (Å²) in [5.41, 5.74) is 8.19. The molecule has 0 aliphatic rings. The quantitative estimate of drug-likeness (QED) is 0.848. The fourth-order valence-corrected chi connectivity index (χ4v) is 1.55. The van der Waals surface area contributed by atoms with Gasteiger partial charge < -0.3 is 10.5 Å². The van der Waals surface area contributed by atoms with E-state index in [0.29, 0.717) is 6.54 Å². The first kappa shape index (κ1) is 12.8. The van der Waals surface area contributed by atoms with Gasteiger partial charge in [0.25, 0.3) is 0 Å². The number of hydrogen-bond acceptors (Lipinski definition) is 2. The summed E-state index contributed by atoms with van der Waals surface area (Å²) in [6, 6.07) is 7.98. The second-order valence-electron chi connectivity index (χ2n) is 4.87. The van der Waals surface area contributed by atoms with E-state index >= 15 is 0 Å². The zero-order valence-corrected chi connectivity index (χ0v) is 10.6. The molecule has 2 heteroatoms. The van der Waals surface area contributed by atoms with Gasteiger partial charge in [-0.2, -0.15) is 0 Å². The maximum Gasteiger partial charge on any atom is 0.126 e. The zero-order valence-electron chi connectivity index (χ0n) is 10.6. The monoisotopic (exact) mass is 219 g/mol. The molecule has 0 aliphatic heterocycles. The molecule has 0 saturated heterocycles. The second-order valence-corrected chi connectivity index (χ2v) is 4.87. The molecular weight excluding hydrogens is 198 g/mol. The molecule has 2 N–H and O–H groups in total. The van der Waals surface area contributed by atoms with Crippen molar-refractivity contribution >= 4 is 6.08 Å². The maximum atomic E-state index is 5.79. The summed E-state index contributed by atoms with van der Waals surface area (Å²) in [6.45, 7) is 7.07. The van der Waals surface area contributed by atoms with Crippen molar-refractivity contribution in [3.63, 3.8) is 0 Å². The molecule has 0 aliphatic carbocycles. The van der Waals surface area contributed by atoms with Crippen LogP contribution in [-0.2, 0) is 0 Å². The van der Waals surface area contributed by atoms with Gasteiger partial charge in [-0.25, -0.2) is 0 Å². The van der Waals surface area contributed by atoms with Gasteiger partial charge in [0, 0.05) is 12.1 Å². The lowest BCUT2D eigenvalue weighted by Crippen LogP contribution is -2.17. The van der Waals surface area contributed by atoms with Crippen molar-refractivity contribution in [2.45, 2.75) is 20.8 Å². The molecular formula is C14H21NO. The highest BCUT2D eigenvalue weighted by Gasteiger charge is 2.15. The molecule has 0 unspecified atom stereocenters. The lowest BCUT2D eigenvalue weighted by molar-refractivity contribution is 0.413. The van der Waals surface area contributed by atoms with Gasteiger partial charge in [0.2, 0.25) is 0 Å². The predicted molar refractivity (Wildman–Crippen MR) is 69.5 cm³/mol. The van der Waals surface area contributed by atoms with E-state index in [1.54, 1.807) is 7.11 Å². The van der Waals surface area contributed by atoms with Crippen molar-refractivity contribution < 1.29 is 4.74 Å². The molecule has 0 aromatic heterocycles. The Morgan fingerprint density at radius 2 is 1.94 bits per heavy atom. The lowest BCUT2D eigenvalue weighted by Gasteiger charge is -2.22. The lowest BCUT2D eigenvalue weighted by atomic mass is 9.85. The maximum absolute atomic E-state index is 5.79. The van der Waals surface area contributed by atoms with Gasteiger partial charge >= 0.3 is 0 Å². The fourth-order valence-electron chi connectivity index (χ4n) is 1.55. The normalized spacial score (nSPS) is 12.7. The number of nitrogens with two attached hydrogens (primary N) is 1. The molecule has 1 rings (SSSR count). The average molecular weight is 219 g/mol. The van der Waals surface area contributed by atoms with Crippen LogP contribution in [0.1, 0.15) is 26.3 Å². The molecule has 0 heterocycles. The molecule has 0 fully saturated rings. The molecule has 1 aromatic carbocycles. The van der Waals surface area contributed by atoms with E-state index in [1.807, 2.05) is 24.3 Å². The Balaban J connectivity index is 3.14. The highest BCUT2D eigenvalue weighted by molar-refractivity contribution is 5.60. The molecule has 0 amide bonds. The van der Waals surface area contributed by atoms with Gasteiger partial charge in [-0.05, 0) is 11.5 Å². The molecule has 0 spiro atoms. The molecule has 16 heavy (non-hydrogen) atoms. The van der Waals surface area contributed by atoms with Crippen molar-refractivity contribution in [3.8, 4) is 5.75 Å². The van der Waals surface area contributed by atoms with Gasteiger partial charge in [0.1, 0.15) is 5.75 Å². The summed E-state index contributed by atoms with van der Waals surface area (Å²) in [7, 11) is 1.69. The van der Waals surface area contributed by atoms with Gasteiger partial charge in [-0.3, -0.25) is 0 Å². The molecule has 0 atom stereocenters. The number of methoxy groups -OCH3 is 1. The van der Waals surface area contributed by atoms with E-state index in [-0.39, 0.29) is 5.41 Å². The van der Waals surface area contributed by atoms with Crippen LogP contribution < -0.4 is 10.5 Å². The summed E-state index contributed by atoms with van der Waals surface area (Å²) in [5.74, 6) is 0.887. The minimum absolute atomic E-state index is 0.0929. The van der Waals surface area contributed by atoms with Crippen LogP contribution in [0.2, 0.25) is 0 Å². The Morgan fingerprint density at radius 1 is 1.31 bits per heavy atom. The van der Waals surface area contributed by atoms with Crippen LogP contribution in [0.25, 0.3) is 6.08 Å². The van der Waals surface area contributed by atoms with Crippen LogP contribution in [0.15, 0.2) is 29.8 Å². The van der Waals surface area contributed by atoms with E-state index < -0.39 is 0 Å². The highest BCUT2D eigenvalue weighted by atomic mass is 16.5. The predicted octanol–water partition coefficient (Wildman–Crippen LogP) is 3.08. The van der Waals surface area contributed by atoms with Crippen molar-refractivity contribution in [2.75, 3.05) is 13.7 Å². The van der Waals surface area contributed by atoms with Crippen molar-refractivity contribution in [1.82, 2.24) is 0 Å². The zero-order chi connectivity index (χ0) is 12.2. The van der Waals surface area contributed by atoms with Gasteiger partial charge in [0.15, 0.2) is 0 Å². The summed E-state index contributed by atoms with van der Waals surface area (Å²) >= 11 is 0. The average Bonchev–Trinajstić information content (AvgIpc) is 2.24. The third-order valence-corrected chi connectivity index (χ3v) is 2.65. The van der Waals surface area contributed by atoms with E-state index in [1.165, 1.54) is 5.57 Å². The van der Waals surface area contributed by atoms with Crippen LogP contribution in [-0.4, -0.2) is 13.7 Å². The first-order chi connectivity index (χ1) is 7.49. The van der Waals surface area contributed by atoms with Crippen molar-refractivity contribution in [3.05, 3.63) is 35.4 Å². The molecule has 0 bridgehead atoms. The molecule has 0 saturated carbocycles. The van der Waals surface area contributed by atoms with Crippen LogP contribution in [0, 0.1) is 5.41 Å². The Kier molecular flexibility index (Phi) is 4.13. The Bertz CT molecular complexity index is 375. The Hall–Kier alpha value is -1.28. The molecule has 88 valence electrons. The minimum atomic E-state index is 0.0929. The fraction of sp³-hybridized carbons (Fsp3) is 0.429. The number of rotatable bonds is 3. The Morgan fingerprint density at radius 3 is 2.44 bits per heavy atom. The van der Waals surface area contributed by atoms with Crippen molar-refractivity contribution in [2.24, 2.45) is 11.1 Å². The van der Waals surface area contributed by atoms with Gasteiger partial charge in [-0.1, -0.05) is 50.6 Å². The Labute approximate surface area is 98.1 Å². The number of ether oxygens (including phenoxy) is 1. The van der Waals surface area contributed by atoms with Crippen LogP contribution in [0.3, 0.4) is 0 Å². The van der Waals surface area contributed by atoms with Crippen molar-refractivity contribution in [1.29, 1.82) is 0 Å². The second kappa shape index (κ2) is 5.17. The summed E-state index contributed by atoms with van der Waals surface area (Å²) < 4.78 is 5.32. The first-order valence-electron chi connectivity index (χ1n) is 5.53. The third-order valence-electron chi connectivity index (χ3n) is 2.65. The highest BCUT2D eigenvalue weighted by Crippen LogP contribution is 2.28. The number of benzene rings is 1.